The van der Waals surface area contributed by atoms with Gasteiger partial charge < -0.3 is 46.2 Å². The Kier molecular flexibility index (Phi) is 49.9. The number of fused-ring (bicyclic) bond motifs is 4. The summed E-state index contributed by atoms with van der Waals surface area (Å²) in [5, 5.41) is 28.8. The van der Waals surface area contributed by atoms with Gasteiger partial charge in [-0.3, -0.25) is 68.4 Å². The number of ketones is 12. The molecule has 0 spiro atoms. The molecule has 8 aliphatic heterocycles. The van der Waals surface area contributed by atoms with Crippen molar-refractivity contribution in [3.8, 4) is 11.4 Å². The van der Waals surface area contributed by atoms with Crippen LogP contribution in [0.15, 0.2) is 121 Å². The lowest BCUT2D eigenvalue weighted by molar-refractivity contribution is -0.125. The maximum absolute atomic E-state index is 11.6. The molecule has 0 saturated carbocycles. The number of nitrogens with zero attached hydrogens (tertiary/aromatic N) is 13. The number of nitrogens with two attached hydrogens (primary N) is 2. The molecule has 0 radical (unpaired) electrons. The third-order valence-electron chi connectivity index (χ3n) is 15.1. The van der Waals surface area contributed by atoms with Gasteiger partial charge in [0.25, 0.3) is 0 Å². The van der Waals surface area contributed by atoms with Crippen LogP contribution in [0.5, 0.6) is 0 Å². The number of Topliss-reactive ketones (excluding diaryl/α,β-unsaturated/α-hetero) is 12. The molecule has 0 atom stereocenters. The first-order chi connectivity index (χ1) is 57.0. The molecule has 0 unspecified atom stereocenters. The van der Waals surface area contributed by atoms with Crippen molar-refractivity contribution >= 4 is 181 Å². The molecule has 2 aromatic carbocycles. The number of carbonyl (C=O) groups is 12. The monoisotopic (exact) mass is 1800 g/mol. The van der Waals surface area contributed by atoms with E-state index >= 15 is 0 Å². The Labute approximate surface area is 734 Å². The molecule has 120 heavy (non-hydrogen) atoms. The van der Waals surface area contributed by atoms with E-state index in [4.69, 9.17) is 32.5 Å². The minimum atomic E-state index is -0.0510. The van der Waals surface area contributed by atoms with Crippen LogP contribution in [0.1, 0.15) is 102 Å². The van der Waals surface area contributed by atoms with Gasteiger partial charge in [-0.1, -0.05) is 60.7 Å². The minimum Gasteiger partial charge on any atom is -0.397 e. The van der Waals surface area contributed by atoms with Gasteiger partial charge in [-0.15, -0.1) is 94.1 Å². The Morgan fingerprint density at radius 2 is 0.650 bits per heavy atom. The maximum Gasteiger partial charge on any atom is 0.225 e. The van der Waals surface area contributed by atoms with Crippen LogP contribution in [0.25, 0.3) is 11.4 Å². The lowest BCUT2D eigenvalue weighted by Crippen LogP contribution is -2.28. The van der Waals surface area contributed by atoms with Crippen molar-refractivity contribution in [2.75, 3.05) is 158 Å². The molecular weight excluding hydrogens is 1690 g/mol. The van der Waals surface area contributed by atoms with Crippen molar-refractivity contribution in [1.29, 1.82) is 10.8 Å². The number of hydrogen-bond donors (Lipinski definition) is 6. The number of carbonyl (C=O) groups excluding carboxylic acids is 12. The van der Waals surface area contributed by atoms with E-state index in [0.717, 1.165) is 68.6 Å². The molecule has 4 aromatic heterocycles. The molecule has 0 bridgehead atoms. The molecule has 0 amide bonds. The molecule has 31 nitrogen and oxygen atoms in total. The highest BCUT2D eigenvalue weighted by molar-refractivity contribution is 8.02. The van der Waals surface area contributed by atoms with E-state index in [1.807, 2.05) is 93.5 Å². The molecule has 4 fully saturated rings. The van der Waals surface area contributed by atoms with Crippen molar-refractivity contribution < 1.29 is 67.7 Å². The van der Waals surface area contributed by atoms with Crippen molar-refractivity contribution in [1.82, 2.24) is 59.5 Å². The van der Waals surface area contributed by atoms with Crippen LogP contribution in [0.2, 0.25) is 0 Å². The summed E-state index contributed by atoms with van der Waals surface area (Å²) < 4.78 is 0. The van der Waals surface area contributed by atoms with E-state index in [1.165, 1.54) is 51.9 Å². The fraction of sp³-hybridized carbons (Fsp3) is 0.407. The van der Waals surface area contributed by atoms with E-state index in [9.17, 15) is 57.5 Å². The second-order valence-corrected chi connectivity index (χ2v) is 34.4. The highest BCUT2D eigenvalue weighted by atomic mass is 32.2. The third-order valence-corrected chi connectivity index (χ3v) is 22.7. The van der Waals surface area contributed by atoms with E-state index < -0.39 is 0 Å². The molecule has 14 rings (SSSR count). The second kappa shape index (κ2) is 57.1. The third kappa shape index (κ3) is 39.5. The number of anilines is 1. The number of thioether (sulfide) groups is 8. The number of aromatic nitrogens is 8. The standard InChI is InChI=1S/C13H10N2OS.C9H11N3OS.2C8H8N2OS.3C8H11NO2S.C7H8N2.C5H6O2S.C3H9N3.2C2H6O/c16-12-8-17-7-11-10(12)6-14-13(15-11)9-4-2-1-3-5-9;1-12(2)9-10-3-6-7(11-9)4-14-5-8(6)13;2*1-5-9-2-6-7(10-5)3-12-4-8(6)11;3*1-9(2)3-6-7(10)4-12-5-8(6)11;8-7(9)6-4-2-1-3-5-6;6-4-1-5(7)3-8-2-4;1-6(2)3(4)5;2*1-2-3/h1-6H,7-8H2;3H,4-5H2,1-2H3;2*2H,3-4H2,1H3;3*3H,4-5H2,1-2H3;1-5H,(H3,8,9);1-3H2;1-2H3,(H3,4,5);2*3H,2H2,1H3. The van der Waals surface area contributed by atoms with Crippen LogP contribution < -0.4 is 16.4 Å². The predicted molar refractivity (Wildman–Crippen MR) is 487 cm³/mol. The average Bonchev–Trinajstić information content (AvgIpc) is 0.833. The first-order valence-corrected chi connectivity index (χ1v) is 46.0. The van der Waals surface area contributed by atoms with E-state index in [2.05, 4.69) is 39.9 Å². The fourth-order valence-corrected chi connectivity index (χ4v) is 16.0. The van der Waals surface area contributed by atoms with Gasteiger partial charge in [-0.05, 0) is 27.7 Å². The minimum absolute atomic E-state index is 0.0510. The first-order valence-electron chi connectivity index (χ1n) is 36.8. The van der Waals surface area contributed by atoms with Crippen molar-refractivity contribution in [2.24, 2.45) is 11.5 Å². The van der Waals surface area contributed by atoms with Crippen LogP contribution in [0.4, 0.5) is 5.95 Å². The molecule has 4 saturated heterocycles. The molecule has 8 N–H and O–H groups in total. The summed E-state index contributed by atoms with van der Waals surface area (Å²) in [7, 11) is 18.0. The topological polar surface area (TPSA) is 464 Å². The van der Waals surface area contributed by atoms with Gasteiger partial charge in [0.2, 0.25) is 5.95 Å². The van der Waals surface area contributed by atoms with Gasteiger partial charge in [-0.25, -0.2) is 39.9 Å². The van der Waals surface area contributed by atoms with Gasteiger partial charge >= 0.3 is 0 Å². The summed E-state index contributed by atoms with van der Waals surface area (Å²) in [6, 6.07) is 19.0. The number of guanidine groups is 1. The summed E-state index contributed by atoms with van der Waals surface area (Å²) >= 11 is 12.0. The predicted octanol–water partition coefficient (Wildman–Crippen LogP) is 7.60. The molecule has 6 aromatic rings. The first kappa shape index (κ1) is 105. The molecular formula is C81H105N17O14S8. The number of aliphatic hydroxyl groups is 2. The van der Waals surface area contributed by atoms with Crippen molar-refractivity contribution in [3.63, 3.8) is 0 Å². The Morgan fingerprint density at radius 1 is 0.383 bits per heavy atom. The van der Waals surface area contributed by atoms with Crippen LogP contribution in [0.3, 0.4) is 0 Å². The number of benzene rings is 2. The number of nitrogens with one attached hydrogen (secondary N) is 2. The summed E-state index contributed by atoms with van der Waals surface area (Å²) in [4.78, 5) is 176. The van der Waals surface area contributed by atoms with E-state index in [0.29, 0.717) is 120 Å². The Hall–Kier alpha value is -9.32. The second-order valence-electron chi connectivity index (χ2n) is 26.5. The number of hydrogen-bond acceptors (Lipinski definition) is 36. The molecule has 0 aliphatic carbocycles. The van der Waals surface area contributed by atoms with Gasteiger partial charge in [-0.2, -0.15) is 0 Å². The fourth-order valence-electron chi connectivity index (χ4n) is 9.51. The van der Waals surface area contributed by atoms with E-state index in [1.54, 1.807) is 175 Å². The van der Waals surface area contributed by atoms with Gasteiger partial charge in [0.05, 0.1) is 137 Å². The van der Waals surface area contributed by atoms with Crippen LogP contribution in [-0.4, -0.2) is 304 Å². The van der Waals surface area contributed by atoms with Crippen molar-refractivity contribution in [2.45, 2.75) is 57.1 Å². The zero-order valence-electron chi connectivity index (χ0n) is 69.8. The number of aliphatic hydroxyl groups excluding tert-OH is 2. The van der Waals surface area contributed by atoms with Crippen LogP contribution in [0, 0.1) is 24.7 Å². The Balaban J connectivity index is 0.000000345. The number of aryl methyl sites for hydroxylation is 2. The molecule has 646 valence electrons. The smallest absolute Gasteiger partial charge is 0.225 e. The molecule has 8 aliphatic rings. The number of nitrogen functional groups attached to an aromatic ring is 1. The van der Waals surface area contributed by atoms with Crippen LogP contribution >= 0.6 is 94.1 Å². The highest BCUT2D eigenvalue weighted by Gasteiger charge is 2.28. The normalized spacial score (nSPS) is 15.2. The number of rotatable bonds is 6. The largest absolute Gasteiger partial charge is 0.397 e. The number of amidine groups is 1. The van der Waals surface area contributed by atoms with Gasteiger partial charge in [0.15, 0.2) is 69.6 Å². The SMILES string of the molecule is CCO.CCO.CN(C)C(=N)N.CN(C)C=C1C(=O)CSCC1=O.CN(C)C=C1C(=O)CSCC1=O.CN(C)C=C1C(=O)CSCC1=O.CN(C)c1ncc2c(n1)CSCC2=O.Cc1ncc2c(n1)CSCC2=O.Cc1ncc2c(n1)CSCC2=O.N=C(N)c1ccccc1.O=C1CSCC(=O)C1.O=C1CSCc2nc(-c3ccccc3)ncc21. The van der Waals surface area contributed by atoms with Gasteiger partial charge in [0.1, 0.15) is 29.1 Å². The van der Waals surface area contributed by atoms with Crippen LogP contribution in [-0.2, 0) is 61.4 Å². The number of allylic oxidation sites excluding steroid dienone is 3. The van der Waals surface area contributed by atoms with Gasteiger partial charge in [0, 0.05) is 161 Å². The summed E-state index contributed by atoms with van der Waals surface area (Å²) in [6.45, 7) is 7.54. The Morgan fingerprint density at radius 3 is 0.925 bits per heavy atom. The Bertz CT molecular complexity index is 4370. The summed E-state index contributed by atoms with van der Waals surface area (Å²) in [6.07, 6.45) is 11.6. The quantitative estimate of drug-likeness (QED) is 0.0307. The summed E-state index contributed by atoms with van der Waals surface area (Å²) in [5.41, 5.74) is 19.2. The lowest BCUT2D eigenvalue weighted by Gasteiger charge is -2.16. The van der Waals surface area contributed by atoms with E-state index in [-0.39, 0.29) is 101 Å². The lowest BCUT2D eigenvalue weighted by atomic mass is 10.1. The zero-order chi connectivity index (χ0) is 89.6. The summed E-state index contributed by atoms with van der Waals surface area (Å²) in [5.74, 6) is 12.7. The molecule has 12 heterocycles. The molecule has 39 heteroatoms. The zero-order valence-corrected chi connectivity index (χ0v) is 76.3. The highest BCUT2D eigenvalue weighted by Crippen LogP contribution is 2.28. The maximum atomic E-state index is 11.6. The van der Waals surface area contributed by atoms with Crippen molar-refractivity contribution in [3.05, 3.63) is 183 Å². The average molecular weight is 1800 g/mol.